The molecule has 2 saturated carbocycles. The van der Waals surface area contributed by atoms with Crippen LogP contribution in [0.15, 0.2) is 0 Å². The number of carbonyl (C=O) groups excluding carboxylic acids is 1. The lowest BCUT2D eigenvalue weighted by Crippen LogP contribution is -2.48. The molecule has 0 saturated heterocycles. The average Bonchev–Trinajstić information content (AvgIpc) is 3.00. The van der Waals surface area contributed by atoms with E-state index in [0.29, 0.717) is 18.4 Å². The Morgan fingerprint density at radius 3 is 2.44 bits per heavy atom. The molecule has 2 rings (SSSR count). The van der Waals surface area contributed by atoms with Crippen LogP contribution in [0.1, 0.15) is 45.4 Å². The maximum atomic E-state index is 12.5. The molecule has 1 amide bonds. The minimum atomic E-state index is -0.100. The molecular formula is C13H24N2O. The molecule has 0 spiro atoms. The molecule has 0 aromatic carbocycles. The molecule has 2 N–H and O–H groups in total. The normalized spacial score (nSPS) is 25.4. The van der Waals surface area contributed by atoms with Crippen molar-refractivity contribution in [1.82, 2.24) is 4.90 Å². The van der Waals surface area contributed by atoms with Gasteiger partial charge < -0.3 is 10.6 Å². The fourth-order valence-corrected chi connectivity index (χ4v) is 3.09. The minimum Gasteiger partial charge on any atom is -0.341 e. The van der Waals surface area contributed by atoms with E-state index in [1.165, 1.54) is 25.7 Å². The lowest BCUT2D eigenvalue weighted by molar-refractivity contribution is -0.142. The van der Waals surface area contributed by atoms with Gasteiger partial charge in [-0.2, -0.15) is 0 Å². The monoisotopic (exact) mass is 224 g/mol. The molecule has 92 valence electrons. The zero-order valence-electron chi connectivity index (χ0n) is 10.5. The topological polar surface area (TPSA) is 46.3 Å². The van der Waals surface area contributed by atoms with Crippen molar-refractivity contribution in [3.63, 3.8) is 0 Å². The molecule has 16 heavy (non-hydrogen) atoms. The van der Waals surface area contributed by atoms with Crippen molar-refractivity contribution in [1.29, 1.82) is 0 Å². The van der Waals surface area contributed by atoms with Gasteiger partial charge >= 0.3 is 0 Å². The van der Waals surface area contributed by atoms with E-state index in [4.69, 9.17) is 5.73 Å². The van der Waals surface area contributed by atoms with Crippen LogP contribution in [-0.2, 0) is 4.79 Å². The van der Waals surface area contributed by atoms with Gasteiger partial charge in [-0.25, -0.2) is 0 Å². The molecule has 0 radical (unpaired) electrons. The number of nitrogens with two attached hydrogens (primary N) is 1. The number of hydrogen-bond donors (Lipinski definition) is 1. The molecule has 0 aromatic rings. The number of rotatable bonds is 4. The van der Waals surface area contributed by atoms with Crippen molar-refractivity contribution in [2.75, 3.05) is 13.6 Å². The molecule has 0 aromatic heterocycles. The highest BCUT2D eigenvalue weighted by atomic mass is 16.2. The van der Waals surface area contributed by atoms with Crippen molar-refractivity contribution in [2.45, 2.75) is 51.5 Å². The Morgan fingerprint density at radius 1 is 1.44 bits per heavy atom. The number of carbonyl (C=O) groups is 1. The quantitative estimate of drug-likeness (QED) is 0.791. The number of hydrogen-bond acceptors (Lipinski definition) is 2. The smallest absolute Gasteiger partial charge is 0.228 e. The number of likely N-dealkylation sites (N-methyl/N-ethyl adjacent to an activating group) is 1. The summed E-state index contributed by atoms with van der Waals surface area (Å²) in [5, 5.41) is 0. The SMILES string of the molecule is CN(C(=O)C1(C)CCCC1)C(CN)C1CC1. The maximum absolute atomic E-state index is 12.5. The van der Waals surface area contributed by atoms with Crippen LogP contribution >= 0.6 is 0 Å². The molecule has 3 nitrogen and oxygen atoms in total. The highest BCUT2D eigenvalue weighted by Crippen LogP contribution is 2.41. The van der Waals surface area contributed by atoms with Crippen LogP contribution in [0.25, 0.3) is 0 Å². The molecule has 2 fully saturated rings. The molecule has 0 aliphatic heterocycles. The van der Waals surface area contributed by atoms with Gasteiger partial charge in [0.25, 0.3) is 0 Å². The first-order chi connectivity index (χ1) is 7.58. The summed E-state index contributed by atoms with van der Waals surface area (Å²) < 4.78 is 0. The van der Waals surface area contributed by atoms with E-state index in [9.17, 15) is 4.79 Å². The first-order valence-corrected chi connectivity index (χ1v) is 6.56. The van der Waals surface area contributed by atoms with Gasteiger partial charge in [0.05, 0.1) is 0 Å². The van der Waals surface area contributed by atoms with Crippen LogP contribution in [-0.4, -0.2) is 30.4 Å². The van der Waals surface area contributed by atoms with Gasteiger partial charge in [-0.15, -0.1) is 0 Å². The van der Waals surface area contributed by atoms with E-state index in [2.05, 4.69) is 6.92 Å². The molecule has 2 aliphatic carbocycles. The van der Waals surface area contributed by atoms with E-state index in [0.717, 1.165) is 12.8 Å². The van der Waals surface area contributed by atoms with E-state index < -0.39 is 0 Å². The van der Waals surface area contributed by atoms with Gasteiger partial charge in [-0.1, -0.05) is 19.8 Å². The number of amides is 1. The Labute approximate surface area is 98.4 Å². The summed E-state index contributed by atoms with van der Waals surface area (Å²) in [6, 6.07) is 0.282. The summed E-state index contributed by atoms with van der Waals surface area (Å²) in [5.41, 5.74) is 5.70. The Morgan fingerprint density at radius 2 is 2.00 bits per heavy atom. The zero-order valence-corrected chi connectivity index (χ0v) is 10.5. The summed E-state index contributed by atoms with van der Waals surface area (Å²) >= 11 is 0. The van der Waals surface area contributed by atoms with Crippen LogP contribution < -0.4 is 5.73 Å². The molecule has 2 aliphatic rings. The van der Waals surface area contributed by atoms with E-state index in [-0.39, 0.29) is 11.5 Å². The van der Waals surface area contributed by atoms with Crippen LogP contribution in [0, 0.1) is 11.3 Å². The average molecular weight is 224 g/mol. The van der Waals surface area contributed by atoms with Gasteiger partial charge in [0.1, 0.15) is 0 Å². The first kappa shape index (κ1) is 11.9. The predicted octanol–water partition coefficient (Wildman–Crippen LogP) is 1.76. The van der Waals surface area contributed by atoms with Gasteiger partial charge in [-0.3, -0.25) is 4.79 Å². The first-order valence-electron chi connectivity index (χ1n) is 6.56. The van der Waals surface area contributed by atoms with Crippen LogP contribution in [0.2, 0.25) is 0 Å². The van der Waals surface area contributed by atoms with Gasteiger partial charge in [0, 0.05) is 25.0 Å². The molecular weight excluding hydrogens is 200 g/mol. The molecule has 1 atom stereocenters. The van der Waals surface area contributed by atoms with Gasteiger partial charge in [0.2, 0.25) is 5.91 Å². The zero-order chi connectivity index (χ0) is 11.8. The fourth-order valence-electron chi connectivity index (χ4n) is 3.09. The minimum absolute atomic E-state index is 0.100. The lowest BCUT2D eigenvalue weighted by atomic mass is 9.86. The largest absolute Gasteiger partial charge is 0.341 e. The van der Waals surface area contributed by atoms with Crippen molar-refractivity contribution < 1.29 is 4.79 Å². The second kappa shape index (κ2) is 4.36. The summed E-state index contributed by atoms with van der Waals surface area (Å²) in [6.45, 7) is 2.74. The predicted molar refractivity (Wildman–Crippen MR) is 64.9 cm³/mol. The maximum Gasteiger partial charge on any atom is 0.228 e. The lowest BCUT2D eigenvalue weighted by Gasteiger charge is -2.34. The Balaban J connectivity index is 2.02. The van der Waals surface area contributed by atoms with Crippen LogP contribution in [0.4, 0.5) is 0 Å². The summed E-state index contributed by atoms with van der Waals surface area (Å²) in [6.07, 6.45) is 7.00. The van der Waals surface area contributed by atoms with E-state index >= 15 is 0 Å². The third-order valence-electron chi connectivity index (χ3n) is 4.45. The second-order valence-electron chi connectivity index (χ2n) is 5.82. The van der Waals surface area contributed by atoms with Crippen LogP contribution in [0.5, 0.6) is 0 Å². The second-order valence-corrected chi connectivity index (χ2v) is 5.82. The molecule has 0 heterocycles. The fraction of sp³-hybridized carbons (Fsp3) is 0.923. The van der Waals surface area contributed by atoms with Crippen LogP contribution in [0.3, 0.4) is 0 Å². The highest BCUT2D eigenvalue weighted by molar-refractivity contribution is 5.82. The Bertz CT molecular complexity index is 267. The van der Waals surface area contributed by atoms with Gasteiger partial charge in [-0.05, 0) is 31.6 Å². The molecule has 0 bridgehead atoms. The summed E-state index contributed by atoms with van der Waals surface area (Å²) in [4.78, 5) is 14.4. The van der Waals surface area contributed by atoms with E-state index in [1.807, 2.05) is 11.9 Å². The Hall–Kier alpha value is -0.570. The van der Waals surface area contributed by atoms with Gasteiger partial charge in [0.15, 0.2) is 0 Å². The van der Waals surface area contributed by atoms with Crippen molar-refractivity contribution >= 4 is 5.91 Å². The van der Waals surface area contributed by atoms with E-state index in [1.54, 1.807) is 0 Å². The third-order valence-corrected chi connectivity index (χ3v) is 4.45. The Kier molecular flexibility index (Phi) is 3.24. The van der Waals surface area contributed by atoms with Crippen molar-refractivity contribution in [2.24, 2.45) is 17.1 Å². The molecule has 3 heteroatoms. The molecule has 1 unspecified atom stereocenters. The third kappa shape index (κ3) is 2.10. The summed E-state index contributed by atoms with van der Waals surface area (Å²) in [7, 11) is 1.95. The standard InChI is InChI=1S/C13H24N2O/c1-13(7-3-4-8-13)12(16)15(2)11(9-14)10-5-6-10/h10-11H,3-9,14H2,1-2H3. The number of nitrogens with zero attached hydrogens (tertiary/aromatic N) is 1. The van der Waals surface area contributed by atoms with Crippen molar-refractivity contribution in [3.05, 3.63) is 0 Å². The summed E-state index contributed by atoms with van der Waals surface area (Å²) in [5.74, 6) is 0.997. The van der Waals surface area contributed by atoms with Crippen molar-refractivity contribution in [3.8, 4) is 0 Å². The highest BCUT2D eigenvalue weighted by Gasteiger charge is 2.42.